The van der Waals surface area contributed by atoms with E-state index in [4.69, 9.17) is 18.6 Å². The second kappa shape index (κ2) is 7.42. The molecule has 1 aliphatic heterocycles. The van der Waals surface area contributed by atoms with E-state index in [1.54, 1.807) is 6.26 Å². The van der Waals surface area contributed by atoms with E-state index in [9.17, 15) is 14.4 Å². The second-order valence-electron chi connectivity index (χ2n) is 11.8. The Bertz CT molecular complexity index is 1040. The smallest absolute Gasteiger partial charge is 0.335 e. The highest BCUT2D eigenvalue weighted by Crippen LogP contribution is 2.78. The third-order valence-electron chi connectivity index (χ3n) is 10.7. The van der Waals surface area contributed by atoms with Crippen LogP contribution >= 0.6 is 0 Å². The maximum atomic E-state index is 12.1. The van der Waals surface area contributed by atoms with Crippen molar-refractivity contribution in [1.82, 2.24) is 0 Å². The van der Waals surface area contributed by atoms with Crippen molar-refractivity contribution in [3.63, 3.8) is 0 Å². The Labute approximate surface area is 199 Å². The summed E-state index contributed by atoms with van der Waals surface area (Å²) in [7, 11) is 0. The van der Waals surface area contributed by atoms with Gasteiger partial charge in [0.05, 0.1) is 6.26 Å². The van der Waals surface area contributed by atoms with Gasteiger partial charge in [-0.1, -0.05) is 13.8 Å². The van der Waals surface area contributed by atoms with Gasteiger partial charge in [-0.05, 0) is 79.7 Å². The van der Waals surface area contributed by atoms with Crippen molar-refractivity contribution in [1.29, 1.82) is 0 Å². The molecule has 1 aromatic rings. The molecule has 4 saturated carbocycles. The molecule has 0 bridgehead atoms. The monoisotopic (exact) mass is 470 g/mol. The van der Waals surface area contributed by atoms with Gasteiger partial charge in [-0.15, -0.1) is 0 Å². The number of hydrogen-bond acceptors (Lipinski definition) is 7. The molecule has 1 spiro atoms. The second-order valence-corrected chi connectivity index (χ2v) is 11.8. The standard InChI is InChI=1S/C27H34O7/c1-15(29)33-23-22(16-4-7-21(30)31-13-16)26(3)11-9-19-20(27(26)24(23)34-27)6-5-17-12-18(32-14-28)8-10-25(17,19)2/h4,7,13-14,17-20,22-24H,5-6,8-12H2,1-3H3/t17-,18+,19+,20-,22+,23-,24-,25+,26-,27-/m1/s1. The van der Waals surface area contributed by atoms with E-state index >= 15 is 0 Å². The first kappa shape index (κ1) is 22.3. The number of carbonyl (C=O) groups is 2. The molecule has 7 heteroatoms. The minimum absolute atomic E-state index is 0.0426. The molecule has 1 saturated heterocycles. The molecular weight excluding hydrogens is 436 g/mol. The van der Waals surface area contributed by atoms with Crippen LogP contribution < -0.4 is 5.63 Å². The van der Waals surface area contributed by atoms with Gasteiger partial charge in [0, 0.05) is 24.3 Å². The van der Waals surface area contributed by atoms with Crippen LogP contribution in [0, 0.1) is 28.6 Å². The van der Waals surface area contributed by atoms with E-state index in [2.05, 4.69) is 13.8 Å². The third kappa shape index (κ3) is 2.82. The van der Waals surface area contributed by atoms with E-state index < -0.39 is 0 Å². The lowest BCUT2D eigenvalue weighted by Gasteiger charge is -2.61. The van der Waals surface area contributed by atoms with Gasteiger partial charge in [0.2, 0.25) is 0 Å². The molecule has 10 atom stereocenters. The SMILES string of the molecule is CC(=O)O[C@H]1[C@H]2O[C@]23[C@@H]2CC[C@@H]4C[C@@H](OC=O)CC[C@]4(C)[C@H]2CC[C@]3(C)[C@H]1c1ccc(=O)oc1. The van der Waals surface area contributed by atoms with Crippen molar-refractivity contribution in [2.75, 3.05) is 0 Å². The molecule has 0 N–H and O–H groups in total. The van der Waals surface area contributed by atoms with Crippen molar-refractivity contribution >= 4 is 12.4 Å². The first-order chi connectivity index (χ1) is 16.2. The van der Waals surface area contributed by atoms with Crippen LogP contribution in [-0.4, -0.2) is 36.4 Å². The molecule has 1 aromatic heterocycles. The van der Waals surface area contributed by atoms with Crippen molar-refractivity contribution in [3.8, 4) is 0 Å². The van der Waals surface area contributed by atoms with Gasteiger partial charge in [0.25, 0.3) is 6.47 Å². The highest BCUT2D eigenvalue weighted by atomic mass is 16.7. The van der Waals surface area contributed by atoms with Crippen molar-refractivity contribution < 1.29 is 28.2 Å². The molecule has 0 amide bonds. The van der Waals surface area contributed by atoms with Crippen LogP contribution in [0.1, 0.15) is 77.2 Å². The maximum Gasteiger partial charge on any atom is 0.335 e. The number of esters is 1. The van der Waals surface area contributed by atoms with Crippen LogP contribution in [0.2, 0.25) is 0 Å². The van der Waals surface area contributed by atoms with Gasteiger partial charge >= 0.3 is 11.6 Å². The zero-order valence-corrected chi connectivity index (χ0v) is 20.2. The molecule has 184 valence electrons. The van der Waals surface area contributed by atoms with Crippen LogP contribution in [-0.2, 0) is 23.8 Å². The molecule has 2 heterocycles. The predicted octanol–water partition coefficient (Wildman–Crippen LogP) is 3.98. The van der Waals surface area contributed by atoms with Gasteiger partial charge in [0.15, 0.2) is 0 Å². The fourth-order valence-corrected chi connectivity index (χ4v) is 9.28. The van der Waals surface area contributed by atoms with Gasteiger partial charge in [-0.25, -0.2) is 4.79 Å². The van der Waals surface area contributed by atoms with E-state index in [1.165, 1.54) is 13.0 Å². The number of rotatable bonds is 4. The quantitative estimate of drug-likeness (QED) is 0.373. The fourth-order valence-electron chi connectivity index (χ4n) is 9.28. The Morgan fingerprint density at radius 3 is 2.65 bits per heavy atom. The summed E-state index contributed by atoms with van der Waals surface area (Å²) in [5, 5.41) is 0. The van der Waals surface area contributed by atoms with Crippen molar-refractivity contribution in [2.24, 2.45) is 28.6 Å². The summed E-state index contributed by atoms with van der Waals surface area (Å²) in [5.74, 6) is 1.12. The van der Waals surface area contributed by atoms with E-state index in [1.807, 2.05) is 6.07 Å². The van der Waals surface area contributed by atoms with Crippen LogP contribution in [0.15, 0.2) is 27.6 Å². The van der Waals surface area contributed by atoms with Crippen LogP contribution in [0.4, 0.5) is 0 Å². The summed E-state index contributed by atoms with van der Waals surface area (Å²) in [6.07, 6.45) is 8.29. The van der Waals surface area contributed by atoms with E-state index in [0.29, 0.717) is 24.2 Å². The zero-order chi connectivity index (χ0) is 23.9. The topological polar surface area (TPSA) is 95.3 Å². The fraction of sp³-hybridized carbons (Fsp3) is 0.741. The Balaban J connectivity index is 1.36. The highest BCUT2D eigenvalue weighted by Gasteiger charge is 2.84. The molecule has 0 aromatic carbocycles. The Morgan fingerprint density at radius 2 is 1.94 bits per heavy atom. The van der Waals surface area contributed by atoms with Crippen molar-refractivity contribution in [2.45, 2.75) is 95.5 Å². The van der Waals surface area contributed by atoms with Gasteiger partial charge in [-0.2, -0.15) is 0 Å². The van der Waals surface area contributed by atoms with Gasteiger partial charge < -0.3 is 18.6 Å². The molecule has 34 heavy (non-hydrogen) atoms. The first-order valence-electron chi connectivity index (χ1n) is 12.8. The summed E-state index contributed by atoms with van der Waals surface area (Å²) < 4.78 is 23.2. The van der Waals surface area contributed by atoms with E-state index in [-0.39, 0.29) is 52.3 Å². The molecule has 6 rings (SSSR count). The summed E-state index contributed by atoms with van der Waals surface area (Å²) in [4.78, 5) is 34.7. The average molecular weight is 471 g/mol. The average Bonchev–Trinajstić information content (AvgIpc) is 3.50. The molecule has 4 aliphatic carbocycles. The first-order valence-corrected chi connectivity index (χ1v) is 12.8. The number of ether oxygens (including phenoxy) is 3. The normalized spacial score (nSPS) is 48.5. The van der Waals surface area contributed by atoms with Crippen LogP contribution in [0.5, 0.6) is 0 Å². The lowest BCUT2D eigenvalue weighted by molar-refractivity contribution is -0.162. The minimum atomic E-state index is -0.379. The van der Waals surface area contributed by atoms with Gasteiger partial charge in [-0.3, -0.25) is 9.59 Å². The number of hydrogen-bond donors (Lipinski definition) is 0. The van der Waals surface area contributed by atoms with Crippen LogP contribution in [0.3, 0.4) is 0 Å². The Morgan fingerprint density at radius 1 is 1.12 bits per heavy atom. The Kier molecular flexibility index (Phi) is 4.87. The lowest BCUT2D eigenvalue weighted by Crippen LogP contribution is -2.58. The molecular formula is C27H34O7. The Hall–Kier alpha value is -2.15. The number of epoxide rings is 1. The maximum absolute atomic E-state index is 12.1. The minimum Gasteiger partial charge on any atom is -0.465 e. The van der Waals surface area contributed by atoms with Crippen LogP contribution in [0.25, 0.3) is 0 Å². The zero-order valence-electron chi connectivity index (χ0n) is 20.2. The van der Waals surface area contributed by atoms with E-state index in [0.717, 1.165) is 50.5 Å². The third-order valence-corrected chi connectivity index (χ3v) is 10.7. The molecule has 0 unspecified atom stereocenters. The summed E-state index contributed by atoms with van der Waals surface area (Å²) in [6.45, 7) is 6.80. The summed E-state index contributed by atoms with van der Waals surface area (Å²) in [6, 6.07) is 3.29. The predicted molar refractivity (Wildman–Crippen MR) is 121 cm³/mol. The summed E-state index contributed by atoms with van der Waals surface area (Å²) in [5.41, 5.74) is 0.206. The largest absolute Gasteiger partial charge is 0.465 e. The molecule has 0 radical (unpaired) electrons. The number of fused-ring (bicyclic) bond motifs is 3. The number of carbonyl (C=O) groups excluding carboxylic acids is 2. The van der Waals surface area contributed by atoms with Crippen molar-refractivity contribution in [3.05, 3.63) is 34.4 Å². The lowest BCUT2D eigenvalue weighted by atomic mass is 9.44. The molecule has 5 aliphatic rings. The summed E-state index contributed by atoms with van der Waals surface area (Å²) >= 11 is 0. The molecule has 7 nitrogen and oxygen atoms in total. The molecule has 5 fully saturated rings. The van der Waals surface area contributed by atoms with Gasteiger partial charge in [0.1, 0.15) is 23.9 Å². The highest BCUT2D eigenvalue weighted by molar-refractivity contribution is 5.66.